The second-order valence-electron chi connectivity index (χ2n) is 5.11. The highest BCUT2D eigenvalue weighted by atomic mass is 79.9. The Hall–Kier alpha value is -0.750. The number of hydrogen-bond donors (Lipinski definition) is 1. The van der Waals surface area contributed by atoms with Gasteiger partial charge < -0.3 is 10.5 Å². The molecule has 0 aromatic heterocycles. The van der Waals surface area contributed by atoms with Gasteiger partial charge in [-0.15, -0.1) is 11.8 Å². The van der Waals surface area contributed by atoms with Crippen LogP contribution >= 0.6 is 27.7 Å². The van der Waals surface area contributed by atoms with Crippen molar-refractivity contribution in [3.63, 3.8) is 0 Å². The van der Waals surface area contributed by atoms with Crippen LogP contribution in [0.4, 0.5) is 10.1 Å². The fourth-order valence-electron chi connectivity index (χ4n) is 1.63. The Bertz CT molecular complexity index is 497. The topological polar surface area (TPSA) is 52.3 Å². The number of nitrogens with two attached hydrogens (primary N) is 1. The van der Waals surface area contributed by atoms with Crippen LogP contribution in [0.3, 0.4) is 0 Å². The lowest BCUT2D eigenvalue weighted by molar-refractivity contribution is -0.143. The molecule has 0 spiro atoms. The summed E-state index contributed by atoms with van der Waals surface area (Å²) < 4.78 is 19.2. The van der Waals surface area contributed by atoms with Crippen molar-refractivity contribution in [2.75, 3.05) is 12.3 Å². The van der Waals surface area contributed by atoms with E-state index in [-0.39, 0.29) is 22.8 Å². The number of anilines is 1. The Balaban J connectivity index is 2.83. The van der Waals surface area contributed by atoms with E-state index in [1.807, 2.05) is 20.8 Å². The molecule has 0 heterocycles. The monoisotopic (exact) mass is 377 g/mol. The zero-order chi connectivity index (χ0) is 16.0. The van der Waals surface area contributed by atoms with Crippen LogP contribution < -0.4 is 5.73 Å². The molecule has 1 atom stereocenters. The Labute approximate surface area is 137 Å². The van der Waals surface area contributed by atoms with E-state index in [2.05, 4.69) is 15.9 Å². The molecule has 6 heteroatoms. The summed E-state index contributed by atoms with van der Waals surface area (Å²) in [6.07, 6.45) is 1.83. The van der Waals surface area contributed by atoms with Gasteiger partial charge in [-0.05, 0) is 40.4 Å². The van der Waals surface area contributed by atoms with Gasteiger partial charge in [0.1, 0.15) is 11.1 Å². The molecule has 1 aromatic carbocycles. The molecule has 0 saturated heterocycles. The van der Waals surface area contributed by atoms with E-state index in [1.165, 1.54) is 17.8 Å². The molecule has 0 amide bonds. The van der Waals surface area contributed by atoms with Gasteiger partial charge in [0.05, 0.1) is 12.3 Å². The van der Waals surface area contributed by atoms with Crippen LogP contribution in [-0.4, -0.2) is 17.8 Å². The second kappa shape index (κ2) is 8.63. The van der Waals surface area contributed by atoms with Crippen molar-refractivity contribution in [3.05, 3.63) is 22.4 Å². The van der Waals surface area contributed by atoms with Crippen molar-refractivity contribution in [2.45, 2.75) is 43.8 Å². The number of hydrogen-bond acceptors (Lipinski definition) is 4. The lowest BCUT2D eigenvalue weighted by atomic mass is 10.1. The van der Waals surface area contributed by atoms with E-state index in [0.29, 0.717) is 11.1 Å². The third-order valence-corrected chi connectivity index (χ3v) is 5.39. The highest BCUT2D eigenvalue weighted by Crippen LogP contribution is 2.36. The SMILES string of the molecule is CCCCOC(=O)C(Sc1cc(N)c(F)cc1Br)C(C)C. The van der Waals surface area contributed by atoms with E-state index in [4.69, 9.17) is 10.5 Å². The number of nitrogen functional groups attached to an aromatic ring is 1. The van der Waals surface area contributed by atoms with Gasteiger partial charge in [0.25, 0.3) is 0 Å². The number of esters is 1. The molecule has 0 bridgehead atoms. The van der Waals surface area contributed by atoms with Crippen LogP contribution in [0.2, 0.25) is 0 Å². The second-order valence-corrected chi connectivity index (χ2v) is 7.15. The van der Waals surface area contributed by atoms with Crippen molar-refractivity contribution in [2.24, 2.45) is 5.92 Å². The Kier molecular flexibility index (Phi) is 7.52. The summed E-state index contributed by atoms with van der Waals surface area (Å²) in [5.74, 6) is -0.613. The predicted molar refractivity (Wildman–Crippen MR) is 88.9 cm³/mol. The largest absolute Gasteiger partial charge is 0.465 e. The Morgan fingerprint density at radius 1 is 1.48 bits per heavy atom. The third kappa shape index (κ3) is 5.51. The lowest BCUT2D eigenvalue weighted by Gasteiger charge is -2.20. The number of carbonyl (C=O) groups is 1. The van der Waals surface area contributed by atoms with E-state index in [9.17, 15) is 9.18 Å². The van der Waals surface area contributed by atoms with Gasteiger partial charge in [-0.25, -0.2) is 4.39 Å². The first kappa shape index (κ1) is 18.3. The maximum atomic E-state index is 13.4. The summed E-state index contributed by atoms with van der Waals surface area (Å²) in [5.41, 5.74) is 5.66. The highest BCUT2D eigenvalue weighted by molar-refractivity contribution is 9.10. The average molecular weight is 378 g/mol. The summed E-state index contributed by atoms with van der Waals surface area (Å²) in [6, 6.07) is 2.86. The molecule has 0 fully saturated rings. The van der Waals surface area contributed by atoms with Gasteiger partial charge in [0.15, 0.2) is 0 Å². The zero-order valence-corrected chi connectivity index (χ0v) is 14.9. The minimum Gasteiger partial charge on any atom is -0.465 e. The van der Waals surface area contributed by atoms with Gasteiger partial charge in [-0.2, -0.15) is 0 Å². The van der Waals surface area contributed by atoms with Crippen LogP contribution in [0.1, 0.15) is 33.6 Å². The molecule has 1 aromatic rings. The minimum absolute atomic E-state index is 0.0718. The number of thioether (sulfide) groups is 1. The van der Waals surface area contributed by atoms with Gasteiger partial charge in [-0.1, -0.05) is 27.2 Å². The van der Waals surface area contributed by atoms with Gasteiger partial charge in [0.2, 0.25) is 0 Å². The molecule has 0 aliphatic carbocycles. The molecule has 1 rings (SSSR count). The zero-order valence-electron chi connectivity index (χ0n) is 12.5. The Morgan fingerprint density at radius 2 is 2.14 bits per heavy atom. The fraction of sp³-hybridized carbons (Fsp3) is 0.533. The maximum Gasteiger partial charge on any atom is 0.319 e. The van der Waals surface area contributed by atoms with Crippen molar-refractivity contribution in [1.82, 2.24) is 0 Å². The van der Waals surface area contributed by atoms with Gasteiger partial charge >= 0.3 is 5.97 Å². The first-order chi connectivity index (χ1) is 9.86. The molecule has 0 aliphatic rings. The molecular weight excluding hydrogens is 357 g/mol. The van der Waals surface area contributed by atoms with Gasteiger partial charge in [-0.3, -0.25) is 4.79 Å². The van der Waals surface area contributed by atoms with Crippen LogP contribution in [0.5, 0.6) is 0 Å². The summed E-state index contributed by atoms with van der Waals surface area (Å²) in [5, 5.41) is -0.344. The minimum atomic E-state index is -0.474. The van der Waals surface area contributed by atoms with E-state index >= 15 is 0 Å². The molecule has 3 nitrogen and oxygen atoms in total. The molecular formula is C15H21BrFNO2S. The number of carbonyl (C=O) groups excluding carboxylic acids is 1. The summed E-state index contributed by atoms with van der Waals surface area (Å²) >= 11 is 4.65. The van der Waals surface area contributed by atoms with Crippen molar-refractivity contribution in [1.29, 1.82) is 0 Å². The number of halogens is 2. The molecule has 0 aliphatic heterocycles. The number of ether oxygens (including phenoxy) is 1. The normalized spacial score (nSPS) is 12.5. The Morgan fingerprint density at radius 3 is 2.71 bits per heavy atom. The number of unbranched alkanes of at least 4 members (excludes halogenated alkanes) is 1. The number of rotatable bonds is 7. The van der Waals surface area contributed by atoms with Crippen LogP contribution in [0, 0.1) is 11.7 Å². The van der Waals surface area contributed by atoms with Crippen LogP contribution in [0.25, 0.3) is 0 Å². The van der Waals surface area contributed by atoms with Crippen molar-refractivity contribution in [3.8, 4) is 0 Å². The smallest absolute Gasteiger partial charge is 0.319 e. The molecule has 2 N–H and O–H groups in total. The van der Waals surface area contributed by atoms with Crippen molar-refractivity contribution >= 4 is 39.3 Å². The quantitative estimate of drug-likeness (QED) is 0.325. The lowest BCUT2D eigenvalue weighted by Crippen LogP contribution is -2.26. The highest BCUT2D eigenvalue weighted by Gasteiger charge is 2.26. The van der Waals surface area contributed by atoms with E-state index in [1.54, 1.807) is 6.07 Å². The van der Waals surface area contributed by atoms with E-state index < -0.39 is 5.82 Å². The molecule has 118 valence electrons. The van der Waals surface area contributed by atoms with Crippen LogP contribution in [-0.2, 0) is 9.53 Å². The summed E-state index contributed by atoms with van der Waals surface area (Å²) in [4.78, 5) is 12.9. The van der Waals surface area contributed by atoms with E-state index in [0.717, 1.165) is 17.7 Å². The van der Waals surface area contributed by atoms with Gasteiger partial charge in [0, 0.05) is 9.37 Å². The molecule has 21 heavy (non-hydrogen) atoms. The summed E-state index contributed by atoms with van der Waals surface area (Å²) in [7, 11) is 0. The standard InChI is InChI=1S/C15H21BrFNO2S/c1-4-5-6-20-15(19)14(9(2)3)21-13-8-12(18)11(17)7-10(13)16/h7-9,14H,4-6,18H2,1-3H3. The molecule has 0 saturated carbocycles. The fourth-order valence-corrected chi connectivity index (χ4v) is 3.30. The van der Waals surface area contributed by atoms with Crippen LogP contribution in [0.15, 0.2) is 21.5 Å². The molecule has 0 radical (unpaired) electrons. The van der Waals surface area contributed by atoms with Crippen molar-refractivity contribution < 1.29 is 13.9 Å². The predicted octanol–water partition coefficient (Wildman–Crippen LogP) is 4.63. The first-order valence-electron chi connectivity index (χ1n) is 6.94. The maximum absolute atomic E-state index is 13.4. The summed E-state index contributed by atoms with van der Waals surface area (Å²) in [6.45, 7) is 6.39. The first-order valence-corrected chi connectivity index (χ1v) is 8.61. The number of benzene rings is 1. The third-order valence-electron chi connectivity index (χ3n) is 2.89. The molecule has 1 unspecified atom stereocenters. The average Bonchev–Trinajstić information content (AvgIpc) is 2.41.